The standard InChI is InChI=1S/C39H49N5O6/c1-26-35(24-43-21-18-32(19-22-43)44-34-12-6-5-11-33(34)42-39(44)48)49-38(50-37(26)29-16-14-28(25-45)15-17-29)30-9-8-10-31(23-30)41-36(47)13-4-3-7-20-40-27(2)46/h5-6,8-12,14-17,23,26,32,35,37-38,45H,3-4,7,13,18-22,24-25H2,1-2H3,(H,40,46)(H,41,47)(H,42,48). The number of unbranched alkanes of at least 4 members (excludes halogenated alkanes) is 2. The Hall–Kier alpha value is -4.29. The third kappa shape index (κ3) is 8.70. The van der Waals surface area contributed by atoms with Gasteiger partial charge >= 0.3 is 5.69 Å². The molecule has 0 spiro atoms. The maximum absolute atomic E-state index is 12.9. The lowest BCUT2D eigenvalue weighted by Crippen LogP contribution is -2.47. The van der Waals surface area contributed by atoms with Crippen molar-refractivity contribution in [2.24, 2.45) is 5.92 Å². The molecule has 2 aliphatic rings. The SMILES string of the molecule is CC(=O)NCCCCCC(=O)Nc1cccc(C2OC(CN3CCC(n4c(=O)[nH]c5ccccc54)CC3)C(C)C(c3ccc(CO)cc3)O2)c1. The summed E-state index contributed by atoms with van der Waals surface area (Å²) in [5.41, 5.74) is 5.14. The summed E-state index contributed by atoms with van der Waals surface area (Å²) >= 11 is 0. The molecule has 4 atom stereocenters. The highest BCUT2D eigenvalue weighted by Crippen LogP contribution is 2.42. The van der Waals surface area contributed by atoms with Gasteiger partial charge in [-0.25, -0.2) is 4.79 Å². The van der Waals surface area contributed by atoms with Crippen molar-refractivity contribution in [3.05, 3.63) is 100.0 Å². The van der Waals surface area contributed by atoms with E-state index in [0.717, 1.165) is 79.5 Å². The zero-order chi connectivity index (χ0) is 35.0. The van der Waals surface area contributed by atoms with E-state index in [-0.39, 0.29) is 48.3 Å². The number of rotatable bonds is 13. The molecule has 6 rings (SSSR count). The Morgan fingerprint density at radius 3 is 2.48 bits per heavy atom. The smallest absolute Gasteiger partial charge is 0.326 e. The van der Waals surface area contributed by atoms with Crippen LogP contribution in [0, 0.1) is 5.92 Å². The molecule has 2 saturated heterocycles. The van der Waals surface area contributed by atoms with Crippen LogP contribution in [0.25, 0.3) is 11.0 Å². The third-order valence-electron chi connectivity index (χ3n) is 10.0. The second-order valence-corrected chi connectivity index (χ2v) is 13.6. The molecule has 0 bridgehead atoms. The number of fused-ring (bicyclic) bond motifs is 1. The molecule has 266 valence electrons. The quantitative estimate of drug-likeness (QED) is 0.135. The lowest BCUT2D eigenvalue weighted by Gasteiger charge is -2.44. The molecule has 0 radical (unpaired) electrons. The molecule has 50 heavy (non-hydrogen) atoms. The first-order valence-electron chi connectivity index (χ1n) is 17.9. The maximum Gasteiger partial charge on any atom is 0.326 e. The average Bonchev–Trinajstić information content (AvgIpc) is 3.46. The summed E-state index contributed by atoms with van der Waals surface area (Å²) in [6, 6.07) is 23.5. The first kappa shape index (κ1) is 35.5. The zero-order valence-corrected chi connectivity index (χ0v) is 29.0. The van der Waals surface area contributed by atoms with Crippen molar-refractivity contribution in [1.29, 1.82) is 0 Å². The number of imidazole rings is 1. The van der Waals surface area contributed by atoms with Crippen molar-refractivity contribution in [2.45, 2.75) is 83.5 Å². The van der Waals surface area contributed by atoms with E-state index in [1.54, 1.807) is 0 Å². The van der Waals surface area contributed by atoms with Crippen LogP contribution >= 0.6 is 0 Å². The van der Waals surface area contributed by atoms with E-state index in [1.807, 2.05) is 77.4 Å². The fourth-order valence-electron chi connectivity index (χ4n) is 7.22. The number of nitrogens with zero attached hydrogens (tertiary/aromatic N) is 2. The van der Waals surface area contributed by atoms with Gasteiger partial charge in [-0.05, 0) is 61.1 Å². The number of amides is 2. The Morgan fingerprint density at radius 1 is 0.940 bits per heavy atom. The molecular formula is C39H49N5O6. The number of H-pyrrole nitrogens is 1. The highest BCUT2D eigenvalue weighted by molar-refractivity contribution is 5.90. The molecule has 2 amide bonds. The largest absolute Gasteiger partial charge is 0.392 e. The van der Waals surface area contributed by atoms with Crippen molar-refractivity contribution in [3.8, 4) is 0 Å². The Kier molecular flexibility index (Phi) is 11.8. The zero-order valence-electron chi connectivity index (χ0n) is 29.0. The van der Waals surface area contributed by atoms with Gasteiger partial charge in [0.2, 0.25) is 11.8 Å². The van der Waals surface area contributed by atoms with Gasteiger partial charge in [0.1, 0.15) is 0 Å². The number of nitrogens with one attached hydrogen (secondary N) is 3. The van der Waals surface area contributed by atoms with E-state index in [2.05, 4.69) is 27.4 Å². The van der Waals surface area contributed by atoms with Gasteiger partial charge in [0.05, 0.1) is 29.8 Å². The monoisotopic (exact) mass is 683 g/mol. The summed E-state index contributed by atoms with van der Waals surface area (Å²) in [5, 5.41) is 15.4. The number of hydrogen-bond acceptors (Lipinski definition) is 7. The number of aliphatic hydroxyl groups excluding tert-OH is 1. The number of aliphatic hydroxyl groups is 1. The van der Waals surface area contributed by atoms with Crippen molar-refractivity contribution < 1.29 is 24.2 Å². The molecule has 1 aromatic heterocycles. The number of para-hydroxylation sites is 2. The number of ether oxygens (including phenoxy) is 2. The van der Waals surface area contributed by atoms with Crippen LogP contribution in [0.3, 0.4) is 0 Å². The number of likely N-dealkylation sites (tertiary alicyclic amines) is 1. The Bertz CT molecular complexity index is 1790. The van der Waals surface area contributed by atoms with Gasteiger partial charge in [-0.3, -0.25) is 14.2 Å². The van der Waals surface area contributed by atoms with E-state index in [1.165, 1.54) is 6.92 Å². The fraction of sp³-hybridized carbons (Fsp3) is 0.462. The van der Waals surface area contributed by atoms with Crippen molar-refractivity contribution in [2.75, 3.05) is 31.5 Å². The second-order valence-electron chi connectivity index (χ2n) is 13.6. The maximum atomic E-state index is 12.9. The number of aromatic nitrogens is 2. The first-order valence-corrected chi connectivity index (χ1v) is 17.9. The van der Waals surface area contributed by atoms with Crippen LogP contribution in [0.4, 0.5) is 5.69 Å². The van der Waals surface area contributed by atoms with E-state index in [4.69, 9.17) is 9.47 Å². The molecule has 2 fully saturated rings. The average molecular weight is 684 g/mol. The molecule has 2 aliphatic heterocycles. The summed E-state index contributed by atoms with van der Waals surface area (Å²) in [4.78, 5) is 42.1. The van der Waals surface area contributed by atoms with Crippen molar-refractivity contribution >= 4 is 28.5 Å². The van der Waals surface area contributed by atoms with Gasteiger partial charge in [-0.15, -0.1) is 0 Å². The number of aromatic amines is 1. The van der Waals surface area contributed by atoms with Crippen LogP contribution in [-0.4, -0.2) is 63.7 Å². The van der Waals surface area contributed by atoms with E-state index < -0.39 is 6.29 Å². The predicted molar refractivity (Wildman–Crippen MR) is 192 cm³/mol. The minimum atomic E-state index is -0.647. The van der Waals surface area contributed by atoms with Crippen molar-refractivity contribution in [3.63, 3.8) is 0 Å². The molecule has 3 heterocycles. The second kappa shape index (κ2) is 16.6. The van der Waals surface area contributed by atoms with E-state index in [0.29, 0.717) is 18.7 Å². The number of carbonyl (C=O) groups is 2. The lowest BCUT2D eigenvalue weighted by atomic mass is 9.89. The number of piperidine rings is 1. The van der Waals surface area contributed by atoms with Gasteiger partial charge in [-0.2, -0.15) is 0 Å². The van der Waals surface area contributed by atoms with Crippen LogP contribution in [0.5, 0.6) is 0 Å². The minimum absolute atomic E-state index is 0.0219. The van der Waals surface area contributed by atoms with Gasteiger partial charge in [0.15, 0.2) is 6.29 Å². The normalized spacial score (nSPS) is 21.7. The Balaban J connectivity index is 1.12. The summed E-state index contributed by atoms with van der Waals surface area (Å²) in [6.45, 7) is 6.68. The van der Waals surface area contributed by atoms with Crippen LogP contribution in [0.2, 0.25) is 0 Å². The van der Waals surface area contributed by atoms with Crippen LogP contribution in [-0.2, 0) is 25.7 Å². The van der Waals surface area contributed by atoms with Crippen molar-refractivity contribution in [1.82, 2.24) is 19.8 Å². The highest BCUT2D eigenvalue weighted by Gasteiger charge is 2.39. The molecular weight excluding hydrogens is 634 g/mol. The minimum Gasteiger partial charge on any atom is -0.392 e. The Morgan fingerprint density at radius 2 is 1.72 bits per heavy atom. The van der Waals surface area contributed by atoms with Gasteiger partial charge in [0, 0.05) is 62.7 Å². The molecule has 0 saturated carbocycles. The third-order valence-corrected chi connectivity index (χ3v) is 10.0. The van der Waals surface area contributed by atoms with Gasteiger partial charge in [-0.1, -0.05) is 61.9 Å². The molecule has 11 nitrogen and oxygen atoms in total. The Labute approximate surface area is 293 Å². The molecule has 0 aliphatic carbocycles. The lowest BCUT2D eigenvalue weighted by molar-refractivity contribution is -0.276. The predicted octanol–water partition coefficient (Wildman–Crippen LogP) is 5.59. The fourth-order valence-corrected chi connectivity index (χ4v) is 7.22. The molecule has 11 heteroatoms. The van der Waals surface area contributed by atoms with Crippen LogP contribution < -0.4 is 16.3 Å². The van der Waals surface area contributed by atoms with Gasteiger partial charge < -0.3 is 35.1 Å². The number of benzene rings is 3. The van der Waals surface area contributed by atoms with E-state index >= 15 is 0 Å². The van der Waals surface area contributed by atoms with E-state index in [9.17, 15) is 19.5 Å². The van der Waals surface area contributed by atoms with Gasteiger partial charge in [0.25, 0.3) is 0 Å². The number of anilines is 1. The molecule has 4 unspecified atom stereocenters. The number of carbonyl (C=O) groups excluding carboxylic acids is 2. The summed E-state index contributed by atoms with van der Waals surface area (Å²) in [7, 11) is 0. The van der Waals surface area contributed by atoms with Crippen LogP contribution in [0.15, 0.2) is 77.6 Å². The number of hydrogen-bond donors (Lipinski definition) is 4. The van der Waals surface area contributed by atoms with Crippen LogP contribution in [0.1, 0.15) is 87.5 Å². The first-order chi connectivity index (χ1) is 24.3. The summed E-state index contributed by atoms with van der Waals surface area (Å²) in [6.07, 6.45) is 3.54. The summed E-state index contributed by atoms with van der Waals surface area (Å²) in [5.74, 6) is -0.0613. The molecule has 4 aromatic rings. The molecule has 4 N–H and O–H groups in total. The molecule has 3 aromatic carbocycles. The summed E-state index contributed by atoms with van der Waals surface area (Å²) < 4.78 is 15.3. The highest BCUT2D eigenvalue weighted by atomic mass is 16.7. The topological polar surface area (TPSA) is 138 Å².